The predicted octanol–water partition coefficient (Wildman–Crippen LogP) is 3.66. The molecule has 9 heteroatoms. The molecule has 0 aliphatic carbocycles. The molecule has 0 saturated carbocycles. The zero-order valence-electron chi connectivity index (χ0n) is 18.0. The minimum absolute atomic E-state index is 0.0845. The summed E-state index contributed by atoms with van der Waals surface area (Å²) in [5, 5.41) is 4.67. The highest BCUT2D eigenvalue weighted by Crippen LogP contribution is 2.32. The Bertz CT molecular complexity index is 1120. The maximum atomic E-state index is 13.4. The summed E-state index contributed by atoms with van der Waals surface area (Å²) < 4.78 is 5.38. The Morgan fingerprint density at radius 1 is 1.00 bits per heavy atom. The third kappa shape index (κ3) is 3.90. The molecule has 32 heavy (non-hydrogen) atoms. The number of benzene rings is 1. The van der Waals surface area contributed by atoms with Gasteiger partial charge in [0.2, 0.25) is 5.95 Å². The van der Waals surface area contributed by atoms with Crippen molar-refractivity contribution in [1.82, 2.24) is 20.0 Å². The van der Waals surface area contributed by atoms with Crippen molar-refractivity contribution in [3.63, 3.8) is 0 Å². The number of aromatic nitrogens is 3. The fourth-order valence-corrected chi connectivity index (χ4v) is 4.57. The molecule has 2 aliphatic heterocycles. The van der Waals surface area contributed by atoms with Gasteiger partial charge in [-0.25, -0.2) is 4.98 Å². The Kier molecular flexibility index (Phi) is 5.70. The molecular weight excluding hydrogens is 428 g/mol. The third-order valence-corrected chi connectivity index (χ3v) is 6.44. The Morgan fingerprint density at radius 3 is 2.50 bits per heavy atom. The van der Waals surface area contributed by atoms with Crippen LogP contribution in [0.25, 0.3) is 11.3 Å². The van der Waals surface area contributed by atoms with E-state index in [0.29, 0.717) is 53.8 Å². The van der Waals surface area contributed by atoms with Crippen molar-refractivity contribution in [3.05, 3.63) is 52.9 Å². The third-order valence-electron chi connectivity index (χ3n) is 6.11. The van der Waals surface area contributed by atoms with Gasteiger partial charge in [0.25, 0.3) is 5.91 Å². The molecule has 1 aromatic carbocycles. The highest BCUT2D eigenvalue weighted by Gasteiger charge is 2.30. The topological polar surface area (TPSA) is 78.6 Å². The van der Waals surface area contributed by atoms with Crippen LogP contribution in [-0.2, 0) is 0 Å². The number of carbonyl (C=O) groups excluding carboxylic acids is 1. The van der Waals surface area contributed by atoms with Crippen molar-refractivity contribution in [2.45, 2.75) is 19.8 Å². The molecular formula is C23H25ClN6O2. The van der Waals surface area contributed by atoms with Gasteiger partial charge in [-0.3, -0.25) is 4.79 Å². The van der Waals surface area contributed by atoms with Crippen molar-refractivity contribution in [1.29, 1.82) is 0 Å². The second-order valence-electron chi connectivity index (χ2n) is 8.13. The molecule has 0 atom stereocenters. The molecule has 3 aromatic rings. The van der Waals surface area contributed by atoms with Crippen LogP contribution >= 0.6 is 11.6 Å². The fraction of sp³-hybridized carbons (Fsp3) is 0.391. The predicted molar refractivity (Wildman–Crippen MR) is 123 cm³/mol. The number of aryl methyl sites for hydroxylation is 1. The molecule has 0 N–H and O–H groups in total. The van der Waals surface area contributed by atoms with Crippen LogP contribution in [0.2, 0.25) is 5.02 Å². The van der Waals surface area contributed by atoms with Crippen molar-refractivity contribution >= 4 is 29.3 Å². The number of rotatable bonds is 4. The Morgan fingerprint density at radius 2 is 1.75 bits per heavy atom. The van der Waals surface area contributed by atoms with Gasteiger partial charge in [-0.15, -0.1) is 0 Å². The molecule has 0 spiro atoms. The van der Waals surface area contributed by atoms with E-state index in [1.165, 1.54) is 12.8 Å². The summed E-state index contributed by atoms with van der Waals surface area (Å²) in [6.45, 7) is 6.37. The molecule has 2 aromatic heterocycles. The van der Waals surface area contributed by atoms with Crippen LogP contribution in [-0.4, -0.2) is 65.2 Å². The van der Waals surface area contributed by atoms with Crippen LogP contribution in [0.4, 0.5) is 11.8 Å². The standard InChI is InChI=1S/C23H25ClN6O2/c1-16-20(21(27-32-16)17-6-2-3-7-18(17)24)22(31)29-14-12-28(13-15-29)19-8-9-25-23(26-19)30-10-4-5-11-30/h2-3,6-9H,4-5,10-15H2,1H3. The maximum absolute atomic E-state index is 13.4. The number of nitrogens with zero attached hydrogens (tertiary/aromatic N) is 6. The fourth-order valence-electron chi connectivity index (χ4n) is 4.34. The van der Waals surface area contributed by atoms with E-state index in [9.17, 15) is 4.79 Å². The lowest BCUT2D eigenvalue weighted by Gasteiger charge is -2.35. The molecule has 166 valence electrons. The first-order valence-electron chi connectivity index (χ1n) is 10.9. The number of anilines is 2. The van der Waals surface area contributed by atoms with Crippen molar-refractivity contribution in [2.24, 2.45) is 0 Å². The zero-order chi connectivity index (χ0) is 22.1. The summed E-state index contributed by atoms with van der Waals surface area (Å²) in [5.41, 5.74) is 1.67. The van der Waals surface area contributed by atoms with E-state index in [2.05, 4.69) is 19.9 Å². The first kappa shape index (κ1) is 20.8. The lowest BCUT2D eigenvalue weighted by atomic mass is 10.0. The molecule has 0 unspecified atom stereocenters. The first-order valence-corrected chi connectivity index (χ1v) is 11.3. The van der Waals surface area contributed by atoms with Gasteiger partial charge in [-0.05, 0) is 31.9 Å². The smallest absolute Gasteiger partial charge is 0.259 e. The van der Waals surface area contributed by atoms with E-state index in [0.717, 1.165) is 24.9 Å². The lowest BCUT2D eigenvalue weighted by molar-refractivity contribution is 0.0745. The van der Waals surface area contributed by atoms with E-state index in [-0.39, 0.29) is 5.91 Å². The number of piperazine rings is 1. The van der Waals surface area contributed by atoms with Crippen LogP contribution in [0.5, 0.6) is 0 Å². The van der Waals surface area contributed by atoms with Crippen LogP contribution in [0.1, 0.15) is 29.0 Å². The van der Waals surface area contributed by atoms with E-state index in [4.69, 9.17) is 21.1 Å². The number of halogens is 1. The summed E-state index contributed by atoms with van der Waals surface area (Å²) in [4.78, 5) is 28.9. The Hall–Kier alpha value is -3.13. The van der Waals surface area contributed by atoms with Gasteiger partial charge in [0.1, 0.15) is 22.8 Å². The van der Waals surface area contributed by atoms with Crippen LogP contribution in [0, 0.1) is 6.92 Å². The lowest BCUT2D eigenvalue weighted by Crippen LogP contribution is -2.49. The highest BCUT2D eigenvalue weighted by atomic mass is 35.5. The van der Waals surface area contributed by atoms with E-state index in [1.807, 2.05) is 35.4 Å². The second kappa shape index (κ2) is 8.78. The van der Waals surface area contributed by atoms with Gasteiger partial charge < -0.3 is 19.2 Å². The first-order chi connectivity index (χ1) is 15.6. The maximum Gasteiger partial charge on any atom is 0.259 e. The van der Waals surface area contributed by atoms with E-state index in [1.54, 1.807) is 13.0 Å². The Labute approximate surface area is 191 Å². The molecule has 2 saturated heterocycles. The summed E-state index contributed by atoms with van der Waals surface area (Å²) in [6.07, 6.45) is 4.20. The molecule has 0 bridgehead atoms. The van der Waals surface area contributed by atoms with Gasteiger partial charge in [0.15, 0.2) is 0 Å². The van der Waals surface area contributed by atoms with Crippen molar-refractivity contribution in [2.75, 3.05) is 49.1 Å². The largest absolute Gasteiger partial charge is 0.360 e. The number of carbonyl (C=O) groups is 1. The monoisotopic (exact) mass is 452 g/mol. The van der Waals surface area contributed by atoms with Gasteiger partial charge in [0.05, 0.1) is 5.02 Å². The van der Waals surface area contributed by atoms with Crippen LogP contribution in [0.3, 0.4) is 0 Å². The van der Waals surface area contributed by atoms with Crippen molar-refractivity contribution < 1.29 is 9.32 Å². The minimum atomic E-state index is -0.0845. The highest BCUT2D eigenvalue weighted by molar-refractivity contribution is 6.33. The summed E-state index contributed by atoms with van der Waals surface area (Å²) >= 11 is 6.35. The van der Waals surface area contributed by atoms with E-state index < -0.39 is 0 Å². The molecule has 5 rings (SSSR count). The SMILES string of the molecule is Cc1onc(-c2ccccc2Cl)c1C(=O)N1CCN(c2ccnc(N3CCCC3)n2)CC1. The van der Waals surface area contributed by atoms with Crippen molar-refractivity contribution in [3.8, 4) is 11.3 Å². The van der Waals surface area contributed by atoms with Gasteiger partial charge in [-0.2, -0.15) is 4.98 Å². The molecule has 4 heterocycles. The zero-order valence-corrected chi connectivity index (χ0v) is 18.8. The van der Waals surface area contributed by atoms with Gasteiger partial charge in [0, 0.05) is 51.0 Å². The number of hydrogen-bond acceptors (Lipinski definition) is 7. The second-order valence-corrected chi connectivity index (χ2v) is 8.54. The average molecular weight is 453 g/mol. The molecule has 0 radical (unpaired) electrons. The normalized spacial score (nSPS) is 16.6. The van der Waals surface area contributed by atoms with Gasteiger partial charge in [-0.1, -0.05) is 35.0 Å². The molecule has 2 aliphatic rings. The summed E-state index contributed by atoms with van der Waals surface area (Å²) in [5.74, 6) is 2.12. The quantitative estimate of drug-likeness (QED) is 0.597. The van der Waals surface area contributed by atoms with Crippen LogP contribution < -0.4 is 9.80 Å². The molecule has 1 amide bonds. The molecule has 8 nitrogen and oxygen atoms in total. The molecule has 2 fully saturated rings. The summed E-state index contributed by atoms with van der Waals surface area (Å²) in [6, 6.07) is 9.29. The Balaban J connectivity index is 1.30. The number of hydrogen-bond donors (Lipinski definition) is 0. The minimum Gasteiger partial charge on any atom is -0.360 e. The van der Waals surface area contributed by atoms with Crippen LogP contribution in [0.15, 0.2) is 41.1 Å². The number of amides is 1. The average Bonchev–Trinajstić information content (AvgIpc) is 3.49. The van der Waals surface area contributed by atoms with E-state index >= 15 is 0 Å². The summed E-state index contributed by atoms with van der Waals surface area (Å²) in [7, 11) is 0. The van der Waals surface area contributed by atoms with Gasteiger partial charge >= 0.3 is 0 Å².